The van der Waals surface area contributed by atoms with E-state index in [1.54, 1.807) is 31.1 Å². The maximum atomic E-state index is 13.4. The molecule has 0 unspecified atom stereocenters. The van der Waals surface area contributed by atoms with Gasteiger partial charge in [0.15, 0.2) is 0 Å². The zero-order valence-electron chi connectivity index (χ0n) is 19.1. The van der Waals surface area contributed by atoms with Gasteiger partial charge < -0.3 is 15.5 Å². The molecule has 2 aromatic rings. The van der Waals surface area contributed by atoms with Crippen molar-refractivity contribution in [3.63, 3.8) is 0 Å². The van der Waals surface area contributed by atoms with Crippen LogP contribution in [0.1, 0.15) is 30.5 Å². The molecule has 0 aliphatic carbocycles. The number of carbonyl (C=O) groups is 3. The van der Waals surface area contributed by atoms with Gasteiger partial charge in [0, 0.05) is 21.0 Å². The second-order valence-corrected chi connectivity index (χ2v) is 8.41. The van der Waals surface area contributed by atoms with Gasteiger partial charge in [-0.15, -0.1) is 0 Å². The number of anilines is 1. The third kappa shape index (κ3) is 5.74. The van der Waals surface area contributed by atoms with Crippen LogP contribution in [0.4, 0.5) is 18.9 Å². The SMILES string of the molecule is CC(=O)N[C@H]1C[C@@H](C(=O)N(C)C)N(CC(=O)Nc2ccccc2C(F)(F)F)[C@H]1c1ccccc1. The molecule has 2 aromatic carbocycles. The molecule has 1 fully saturated rings. The summed E-state index contributed by atoms with van der Waals surface area (Å²) in [5.41, 5.74) is -0.537. The molecule has 0 spiro atoms. The highest BCUT2D eigenvalue weighted by Crippen LogP contribution is 2.38. The molecule has 1 heterocycles. The van der Waals surface area contributed by atoms with Crippen LogP contribution in [-0.4, -0.2) is 60.2 Å². The van der Waals surface area contributed by atoms with Crippen molar-refractivity contribution in [3.05, 3.63) is 65.7 Å². The minimum absolute atomic E-state index is 0.253. The van der Waals surface area contributed by atoms with Crippen molar-refractivity contribution in [3.8, 4) is 0 Å². The third-order valence-electron chi connectivity index (χ3n) is 5.70. The summed E-state index contributed by atoms with van der Waals surface area (Å²) in [6.07, 6.45) is -4.38. The molecule has 3 amide bonds. The summed E-state index contributed by atoms with van der Waals surface area (Å²) < 4.78 is 40.1. The number of likely N-dealkylation sites (N-methyl/N-ethyl adjacent to an activating group) is 1. The number of alkyl halides is 3. The van der Waals surface area contributed by atoms with Gasteiger partial charge in [-0.25, -0.2) is 0 Å². The van der Waals surface area contributed by atoms with E-state index in [1.165, 1.54) is 30.0 Å². The van der Waals surface area contributed by atoms with E-state index in [1.807, 2.05) is 18.2 Å². The Balaban J connectivity index is 1.94. The van der Waals surface area contributed by atoms with Gasteiger partial charge in [-0.3, -0.25) is 19.3 Å². The standard InChI is InChI=1S/C24H27F3N4O3/c1-15(32)28-19-13-20(23(34)30(2)3)31(22(19)16-9-5-4-6-10-16)14-21(33)29-18-12-8-7-11-17(18)24(25,26)27/h4-12,19-20,22H,13-14H2,1-3H3,(H,28,32)(H,29,33)/t19-,20-,22-/m0/s1. The average molecular weight is 476 g/mol. The molecule has 0 saturated carbocycles. The molecular formula is C24H27F3N4O3. The van der Waals surface area contributed by atoms with Crippen molar-refractivity contribution in [2.24, 2.45) is 0 Å². The highest BCUT2D eigenvalue weighted by Gasteiger charge is 2.46. The first-order valence-electron chi connectivity index (χ1n) is 10.7. The molecule has 0 radical (unpaired) electrons. The number of amides is 3. The molecule has 3 atom stereocenters. The van der Waals surface area contributed by atoms with Crippen LogP contribution in [0.25, 0.3) is 0 Å². The molecule has 2 N–H and O–H groups in total. The van der Waals surface area contributed by atoms with Crippen molar-refractivity contribution >= 4 is 23.4 Å². The predicted molar refractivity (Wildman–Crippen MR) is 121 cm³/mol. The molecular weight excluding hydrogens is 449 g/mol. The summed E-state index contributed by atoms with van der Waals surface area (Å²) in [5, 5.41) is 5.21. The van der Waals surface area contributed by atoms with Crippen molar-refractivity contribution in [2.45, 2.75) is 37.6 Å². The third-order valence-corrected chi connectivity index (χ3v) is 5.70. The van der Waals surface area contributed by atoms with Crippen LogP contribution in [0.5, 0.6) is 0 Å². The molecule has 0 bridgehead atoms. The van der Waals surface area contributed by atoms with E-state index in [0.717, 1.165) is 11.6 Å². The van der Waals surface area contributed by atoms with Gasteiger partial charge in [-0.05, 0) is 24.1 Å². The Morgan fingerprint density at radius 1 is 1.03 bits per heavy atom. The lowest BCUT2D eigenvalue weighted by Crippen LogP contribution is -2.46. The number of carbonyl (C=O) groups excluding carboxylic acids is 3. The monoisotopic (exact) mass is 476 g/mol. The quantitative estimate of drug-likeness (QED) is 0.672. The first-order chi connectivity index (χ1) is 16.0. The zero-order chi connectivity index (χ0) is 25.0. The Hall–Kier alpha value is -3.40. The minimum atomic E-state index is -4.63. The number of rotatable bonds is 6. The van der Waals surface area contributed by atoms with Gasteiger partial charge in [0.1, 0.15) is 0 Å². The van der Waals surface area contributed by atoms with Crippen LogP contribution < -0.4 is 10.6 Å². The van der Waals surface area contributed by atoms with Crippen LogP contribution >= 0.6 is 0 Å². The summed E-state index contributed by atoms with van der Waals surface area (Å²) in [5.74, 6) is -1.25. The number of halogens is 3. The van der Waals surface area contributed by atoms with Gasteiger partial charge in [0.2, 0.25) is 17.7 Å². The summed E-state index contributed by atoms with van der Waals surface area (Å²) >= 11 is 0. The van der Waals surface area contributed by atoms with Crippen LogP contribution in [0.2, 0.25) is 0 Å². The first kappa shape index (κ1) is 25.2. The summed E-state index contributed by atoms with van der Waals surface area (Å²) in [6, 6.07) is 12.1. The summed E-state index contributed by atoms with van der Waals surface area (Å²) in [7, 11) is 3.17. The van der Waals surface area contributed by atoms with Gasteiger partial charge >= 0.3 is 6.18 Å². The molecule has 1 saturated heterocycles. The normalized spacial score (nSPS) is 20.6. The largest absolute Gasteiger partial charge is 0.418 e. The Labute approximate surface area is 195 Å². The Kier molecular flexibility index (Phi) is 7.61. The van der Waals surface area contributed by atoms with E-state index >= 15 is 0 Å². The van der Waals surface area contributed by atoms with Crippen molar-refractivity contribution in [1.29, 1.82) is 0 Å². The number of likely N-dealkylation sites (tertiary alicyclic amines) is 1. The van der Waals surface area contributed by atoms with E-state index in [-0.39, 0.29) is 30.5 Å². The first-order valence-corrected chi connectivity index (χ1v) is 10.7. The summed E-state index contributed by atoms with van der Waals surface area (Å²) in [6.45, 7) is 1.03. The zero-order valence-corrected chi connectivity index (χ0v) is 19.1. The fraction of sp³-hybridized carbons (Fsp3) is 0.375. The molecule has 1 aliphatic heterocycles. The fourth-order valence-electron chi connectivity index (χ4n) is 4.35. The summed E-state index contributed by atoms with van der Waals surface area (Å²) in [4.78, 5) is 40.9. The Morgan fingerprint density at radius 2 is 1.65 bits per heavy atom. The molecule has 34 heavy (non-hydrogen) atoms. The number of para-hydroxylation sites is 1. The van der Waals surface area contributed by atoms with Gasteiger partial charge in [-0.1, -0.05) is 42.5 Å². The van der Waals surface area contributed by atoms with Gasteiger partial charge in [0.05, 0.1) is 35.9 Å². The van der Waals surface area contributed by atoms with Crippen molar-refractivity contribution in [2.75, 3.05) is 26.0 Å². The van der Waals surface area contributed by atoms with Crippen LogP contribution in [-0.2, 0) is 20.6 Å². The number of nitrogens with one attached hydrogen (secondary N) is 2. The fourth-order valence-corrected chi connectivity index (χ4v) is 4.35. The number of hydrogen-bond donors (Lipinski definition) is 2. The molecule has 1 aliphatic rings. The van der Waals surface area contributed by atoms with Crippen molar-refractivity contribution in [1.82, 2.24) is 15.1 Å². The van der Waals surface area contributed by atoms with E-state index in [4.69, 9.17) is 0 Å². The van der Waals surface area contributed by atoms with Gasteiger partial charge in [0.25, 0.3) is 0 Å². The van der Waals surface area contributed by atoms with Crippen molar-refractivity contribution < 1.29 is 27.6 Å². The predicted octanol–water partition coefficient (Wildman–Crippen LogP) is 3.05. The van der Waals surface area contributed by atoms with E-state index in [0.29, 0.717) is 0 Å². The van der Waals surface area contributed by atoms with Crippen LogP contribution in [0, 0.1) is 0 Å². The van der Waals surface area contributed by atoms with Gasteiger partial charge in [-0.2, -0.15) is 13.2 Å². The van der Waals surface area contributed by atoms with E-state index in [2.05, 4.69) is 10.6 Å². The average Bonchev–Trinajstić information content (AvgIpc) is 3.09. The molecule has 3 rings (SSSR count). The number of benzene rings is 2. The maximum absolute atomic E-state index is 13.4. The number of nitrogens with zero attached hydrogens (tertiary/aromatic N) is 2. The highest BCUT2D eigenvalue weighted by molar-refractivity contribution is 5.94. The second kappa shape index (κ2) is 10.3. The van der Waals surface area contributed by atoms with E-state index < -0.39 is 35.8 Å². The van der Waals surface area contributed by atoms with Crippen LogP contribution in [0.15, 0.2) is 54.6 Å². The highest BCUT2D eigenvalue weighted by atomic mass is 19.4. The van der Waals surface area contributed by atoms with E-state index in [9.17, 15) is 27.6 Å². The minimum Gasteiger partial charge on any atom is -0.352 e. The Bertz CT molecular complexity index is 1040. The molecule has 182 valence electrons. The Morgan fingerprint density at radius 3 is 2.24 bits per heavy atom. The maximum Gasteiger partial charge on any atom is 0.418 e. The van der Waals surface area contributed by atoms with Crippen LogP contribution in [0.3, 0.4) is 0 Å². The molecule has 7 nitrogen and oxygen atoms in total. The second-order valence-electron chi connectivity index (χ2n) is 8.41. The topological polar surface area (TPSA) is 81.8 Å². The lowest BCUT2D eigenvalue weighted by Gasteiger charge is -2.32. The molecule has 10 heteroatoms. The lowest BCUT2D eigenvalue weighted by molar-refractivity contribution is -0.137. The smallest absolute Gasteiger partial charge is 0.352 e. The number of hydrogen-bond acceptors (Lipinski definition) is 4. The lowest BCUT2D eigenvalue weighted by atomic mass is 9.99. The molecule has 0 aromatic heterocycles.